The Morgan fingerprint density at radius 3 is 1.50 bits per heavy atom. The molecule has 0 aliphatic carbocycles. The van der Waals surface area contributed by atoms with E-state index >= 15 is 0 Å². The van der Waals surface area contributed by atoms with Crippen LogP contribution in [0, 0.1) is 0 Å². The number of aliphatic carboxylic acids is 2. The minimum absolute atomic E-state index is 0.0511. The van der Waals surface area contributed by atoms with Crippen molar-refractivity contribution in [2.75, 3.05) is 33.0 Å². The predicted molar refractivity (Wildman–Crippen MR) is 169 cm³/mol. The number of rotatable bonds is 33. The molecule has 0 heterocycles. The molecular formula is C33H60N2O9. The van der Waals surface area contributed by atoms with Crippen LogP contribution >= 0.6 is 0 Å². The highest BCUT2D eigenvalue weighted by Gasteiger charge is 2.19. The van der Waals surface area contributed by atoms with E-state index in [9.17, 15) is 29.1 Å². The average Bonchev–Trinajstić information content (AvgIpc) is 2.96. The van der Waals surface area contributed by atoms with Crippen molar-refractivity contribution in [3.05, 3.63) is 0 Å². The van der Waals surface area contributed by atoms with E-state index in [1.165, 1.54) is 64.7 Å². The Morgan fingerprint density at radius 1 is 0.568 bits per heavy atom. The lowest BCUT2D eigenvalue weighted by molar-refractivity contribution is -0.142. The maximum atomic E-state index is 12.2. The van der Waals surface area contributed by atoms with Gasteiger partial charge in [-0.3, -0.25) is 19.2 Å². The lowest BCUT2D eigenvalue weighted by Gasteiger charge is -2.14. The average molecular weight is 629 g/mol. The molecule has 11 heteroatoms. The smallest absolute Gasteiger partial charge is 0.326 e. The molecule has 0 radical (unpaired) electrons. The van der Waals surface area contributed by atoms with Crippen LogP contribution in [0.15, 0.2) is 0 Å². The first-order valence-corrected chi connectivity index (χ1v) is 16.9. The van der Waals surface area contributed by atoms with E-state index in [2.05, 4.69) is 10.6 Å². The number of hydrogen-bond acceptors (Lipinski definition) is 7. The number of amides is 2. The summed E-state index contributed by atoms with van der Waals surface area (Å²) in [5, 5.41) is 23.4. The molecule has 0 aromatic heterocycles. The molecule has 0 spiro atoms. The Balaban J connectivity index is 3.61. The van der Waals surface area contributed by atoms with Gasteiger partial charge in [-0.15, -0.1) is 0 Å². The Morgan fingerprint density at radius 2 is 1.02 bits per heavy atom. The number of unbranched alkanes of at least 4 members (excludes halogenated alkanes) is 15. The highest BCUT2D eigenvalue weighted by molar-refractivity contribution is 5.83. The second-order valence-corrected chi connectivity index (χ2v) is 11.6. The van der Waals surface area contributed by atoms with E-state index in [4.69, 9.17) is 14.6 Å². The molecular weight excluding hydrogens is 568 g/mol. The summed E-state index contributed by atoms with van der Waals surface area (Å²) in [6.07, 6.45) is 19.5. The number of hydrogen-bond donors (Lipinski definition) is 4. The van der Waals surface area contributed by atoms with Gasteiger partial charge in [-0.2, -0.15) is 0 Å². The Bertz CT molecular complexity index is 776. The number of carbonyl (C=O) groups excluding carboxylic acids is 3. The number of Topliss-reactive ketones (excluding diaryl/α,β-unsaturated/α-hetero) is 1. The van der Waals surface area contributed by atoms with Crippen LogP contribution in [-0.4, -0.2) is 78.8 Å². The maximum absolute atomic E-state index is 12.2. The molecule has 2 amide bonds. The van der Waals surface area contributed by atoms with Crippen molar-refractivity contribution in [3.8, 4) is 0 Å². The van der Waals surface area contributed by atoms with E-state index in [1.807, 2.05) is 0 Å². The van der Waals surface area contributed by atoms with E-state index < -0.39 is 18.0 Å². The molecule has 11 nitrogen and oxygen atoms in total. The van der Waals surface area contributed by atoms with Gasteiger partial charge in [0.15, 0.2) is 5.78 Å². The topological polar surface area (TPSA) is 168 Å². The number of carbonyl (C=O) groups is 5. The standard InChI is InChI=1S/C33H60N2O9/c1-28(36)27-44-26-25-43-24-23-34-30(37)21-18-19-29(33(41)42)35-31(38)20-16-14-12-10-8-6-4-2-3-5-7-9-11-13-15-17-22-32(39)40/h29H,2-27H2,1H3,(H,34,37)(H,35,38)(H,39,40)(H,41,42)/t29-/m0/s1. The quantitative estimate of drug-likeness (QED) is 0.0679. The fraction of sp³-hybridized carbons (Fsp3) is 0.848. The van der Waals surface area contributed by atoms with Crippen molar-refractivity contribution in [2.45, 2.75) is 148 Å². The van der Waals surface area contributed by atoms with E-state index in [-0.39, 0.29) is 37.0 Å². The molecule has 0 aromatic rings. The minimum Gasteiger partial charge on any atom is -0.481 e. The van der Waals surface area contributed by atoms with Gasteiger partial charge >= 0.3 is 11.9 Å². The van der Waals surface area contributed by atoms with E-state index in [0.29, 0.717) is 45.6 Å². The van der Waals surface area contributed by atoms with Crippen LogP contribution in [0.4, 0.5) is 0 Å². The molecule has 4 N–H and O–H groups in total. The van der Waals surface area contributed by atoms with Gasteiger partial charge in [-0.25, -0.2) is 4.79 Å². The third-order valence-corrected chi connectivity index (χ3v) is 7.32. The molecule has 0 saturated heterocycles. The molecule has 1 atom stereocenters. The second-order valence-electron chi connectivity index (χ2n) is 11.6. The number of carboxylic acid groups (broad SMARTS) is 2. The van der Waals surface area contributed by atoms with Crippen LogP contribution in [0.2, 0.25) is 0 Å². The summed E-state index contributed by atoms with van der Waals surface area (Å²) in [6.45, 7) is 2.77. The summed E-state index contributed by atoms with van der Waals surface area (Å²) in [7, 11) is 0. The minimum atomic E-state index is -1.09. The van der Waals surface area contributed by atoms with Crippen molar-refractivity contribution in [3.63, 3.8) is 0 Å². The Labute approximate surface area is 264 Å². The van der Waals surface area contributed by atoms with Crippen LogP contribution in [0.1, 0.15) is 142 Å². The summed E-state index contributed by atoms with van der Waals surface area (Å²) in [6, 6.07) is -0.996. The molecule has 0 aliphatic heterocycles. The van der Waals surface area contributed by atoms with Crippen LogP contribution in [0.25, 0.3) is 0 Å². The van der Waals surface area contributed by atoms with Crippen molar-refractivity contribution < 1.29 is 43.7 Å². The molecule has 0 aliphatic rings. The molecule has 0 saturated carbocycles. The van der Waals surface area contributed by atoms with Gasteiger partial charge in [0.1, 0.15) is 12.6 Å². The van der Waals surface area contributed by atoms with Crippen molar-refractivity contribution >= 4 is 29.5 Å². The lowest BCUT2D eigenvalue weighted by atomic mass is 10.0. The van der Waals surface area contributed by atoms with E-state index in [0.717, 1.165) is 44.9 Å². The van der Waals surface area contributed by atoms with Gasteiger partial charge in [-0.1, -0.05) is 89.9 Å². The summed E-state index contributed by atoms with van der Waals surface area (Å²) < 4.78 is 10.4. The predicted octanol–water partition coefficient (Wildman–Crippen LogP) is 5.57. The highest BCUT2D eigenvalue weighted by Crippen LogP contribution is 2.14. The fourth-order valence-corrected chi connectivity index (χ4v) is 4.81. The van der Waals surface area contributed by atoms with Crippen molar-refractivity contribution in [1.82, 2.24) is 10.6 Å². The maximum Gasteiger partial charge on any atom is 0.326 e. The van der Waals surface area contributed by atoms with Gasteiger partial charge in [0, 0.05) is 25.8 Å². The first-order chi connectivity index (χ1) is 21.2. The molecule has 0 aromatic carbocycles. The number of ketones is 1. The van der Waals surface area contributed by atoms with Crippen molar-refractivity contribution in [2.24, 2.45) is 0 Å². The summed E-state index contributed by atoms with van der Waals surface area (Å²) in [4.78, 5) is 56.9. The van der Waals surface area contributed by atoms with Crippen LogP contribution < -0.4 is 10.6 Å². The third-order valence-electron chi connectivity index (χ3n) is 7.32. The monoisotopic (exact) mass is 628 g/mol. The number of nitrogens with one attached hydrogen (secondary N) is 2. The molecule has 0 fully saturated rings. The van der Waals surface area contributed by atoms with Crippen LogP contribution in [0.5, 0.6) is 0 Å². The number of ether oxygens (including phenoxy) is 2. The highest BCUT2D eigenvalue weighted by atomic mass is 16.5. The fourth-order valence-electron chi connectivity index (χ4n) is 4.81. The normalized spacial score (nSPS) is 11.7. The molecule has 0 unspecified atom stereocenters. The molecule has 256 valence electrons. The first kappa shape index (κ1) is 41.5. The largest absolute Gasteiger partial charge is 0.481 e. The zero-order valence-electron chi connectivity index (χ0n) is 27.2. The van der Waals surface area contributed by atoms with Gasteiger partial charge in [0.05, 0.1) is 19.8 Å². The second kappa shape index (κ2) is 30.5. The first-order valence-electron chi connectivity index (χ1n) is 16.9. The number of carboxylic acids is 2. The lowest BCUT2D eigenvalue weighted by Crippen LogP contribution is -2.40. The van der Waals surface area contributed by atoms with Gasteiger partial charge in [0.2, 0.25) is 11.8 Å². The van der Waals surface area contributed by atoms with Gasteiger partial charge < -0.3 is 30.3 Å². The SMILES string of the molecule is CC(=O)COCCOCCNC(=O)CCC[C@H](NC(=O)CCCCCCCCCCCCCCCCCCC(=O)O)C(=O)O. The van der Waals surface area contributed by atoms with Gasteiger partial charge in [0.25, 0.3) is 0 Å². The zero-order chi connectivity index (χ0) is 32.7. The Hall–Kier alpha value is -2.53. The molecule has 0 bridgehead atoms. The van der Waals surface area contributed by atoms with Crippen LogP contribution in [-0.2, 0) is 33.4 Å². The summed E-state index contributed by atoms with van der Waals surface area (Å²) >= 11 is 0. The molecule has 44 heavy (non-hydrogen) atoms. The van der Waals surface area contributed by atoms with Gasteiger partial charge in [-0.05, 0) is 32.6 Å². The molecule has 0 rings (SSSR count). The third kappa shape index (κ3) is 30.9. The zero-order valence-corrected chi connectivity index (χ0v) is 27.2. The Kier molecular flexibility index (Phi) is 28.7. The summed E-state index contributed by atoms with van der Waals surface area (Å²) in [5.41, 5.74) is 0. The summed E-state index contributed by atoms with van der Waals surface area (Å²) in [5.74, 6) is -2.30. The van der Waals surface area contributed by atoms with Crippen LogP contribution in [0.3, 0.4) is 0 Å². The van der Waals surface area contributed by atoms with E-state index in [1.54, 1.807) is 0 Å². The van der Waals surface area contributed by atoms with Crippen molar-refractivity contribution in [1.29, 1.82) is 0 Å².